The van der Waals surface area contributed by atoms with E-state index in [1.807, 2.05) is 11.0 Å². The average molecular weight is 376 g/mol. The maximum Gasteiger partial charge on any atom is 0.260 e. The Morgan fingerprint density at radius 2 is 2.08 bits per heavy atom. The molecule has 0 aliphatic carbocycles. The van der Waals surface area contributed by atoms with Gasteiger partial charge < -0.3 is 9.64 Å². The Balaban J connectivity index is 1.46. The maximum atomic E-state index is 12.3. The van der Waals surface area contributed by atoms with Gasteiger partial charge in [-0.1, -0.05) is 17.7 Å². The van der Waals surface area contributed by atoms with Crippen LogP contribution in [0, 0.1) is 11.3 Å². The molecule has 3 rings (SSSR count). The first-order chi connectivity index (χ1) is 12.2. The minimum absolute atomic E-state index is 0.0451. The fraction of sp³-hybridized carbons (Fsp3) is 0.333. The van der Waals surface area contributed by atoms with Crippen molar-refractivity contribution in [3.63, 3.8) is 0 Å². The summed E-state index contributed by atoms with van der Waals surface area (Å²) in [6, 6.07) is 11.0. The molecular weight excluding hydrogens is 358 g/mol. The van der Waals surface area contributed by atoms with E-state index in [9.17, 15) is 4.79 Å². The van der Waals surface area contributed by atoms with Crippen molar-refractivity contribution in [2.75, 3.05) is 32.8 Å². The molecule has 1 aromatic heterocycles. The topological polar surface area (TPSA) is 56.6 Å². The Bertz CT molecular complexity index is 765. The van der Waals surface area contributed by atoms with Crippen LogP contribution in [0.3, 0.4) is 0 Å². The summed E-state index contributed by atoms with van der Waals surface area (Å²) >= 11 is 7.82. The second-order valence-corrected chi connectivity index (χ2v) is 7.22. The van der Waals surface area contributed by atoms with Gasteiger partial charge in [0.25, 0.3) is 5.91 Å². The normalized spacial score (nSPS) is 15.0. The van der Waals surface area contributed by atoms with Crippen LogP contribution in [0.1, 0.15) is 10.4 Å². The van der Waals surface area contributed by atoms with Crippen LogP contribution in [0.4, 0.5) is 0 Å². The lowest BCUT2D eigenvalue weighted by atomic mass is 10.2. The van der Waals surface area contributed by atoms with E-state index in [-0.39, 0.29) is 12.5 Å². The molecule has 0 radical (unpaired) electrons. The number of benzene rings is 1. The van der Waals surface area contributed by atoms with Gasteiger partial charge in [-0.05, 0) is 29.6 Å². The van der Waals surface area contributed by atoms with Gasteiger partial charge >= 0.3 is 0 Å². The van der Waals surface area contributed by atoms with Crippen LogP contribution in [-0.4, -0.2) is 48.5 Å². The molecule has 0 unspecified atom stereocenters. The van der Waals surface area contributed by atoms with Gasteiger partial charge in [0.1, 0.15) is 5.75 Å². The minimum Gasteiger partial charge on any atom is -0.482 e. The third kappa shape index (κ3) is 4.73. The average Bonchev–Trinajstić information content (AvgIpc) is 3.14. The van der Waals surface area contributed by atoms with E-state index in [2.05, 4.69) is 22.4 Å². The summed E-state index contributed by atoms with van der Waals surface area (Å²) in [7, 11) is 0. The summed E-state index contributed by atoms with van der Waals surface area (Å²) in [5, 5.41) is 11.3. The number of amides is 1. The van der Waals surface area contributed by atoms with Crippen LogP contribution in [0.25, 0.3) is 0 Å². The van der Waals surface area contributed by atoms with Crippen LogP contribution in [0.5, 0.6) is 5.75 Å². The van der Waals surface area contributed by atoms with E-state index < -0.39 is 0 Å². The number of carbonyl (C=O) groups excluding carboxylic acids is 1. The van der Waals surface area contributed by atoms with Crippen LogP contribution >= 0.6 is 22.9 Å². The number of piperazine rings is 1. The molecule has 1 fully saturated rings. The molecule has 2 heterocycles. The quantitative estimate of drug-likeness (QED) is 0.806. The van der Waals surface area contributed by atoms with Crippen molar-refractivity contribution in [3.05, 3.63) is 51.2 Å². The first-order valence-electron chi connectivity index (χ1n) is 8.00. The monoisotopic (exact) mass is 375 g/mol. The summed E-state index contributed by atoms with van der Waals surface area (Å²) in [5.74, 6) is 0.376. The van der Waals surface area contributed by atoms with Gasteiger partial charge in [-0.15, -0.1) is 11.3 Å². The number of carbonyl (C=O) groups is 1. The zero-order valence-electron chi connectivity index (χ0n) is 13.7. The molecule has 7 heteroatoms. The van der Waals surface area contributed by atoms with Crippen molar-refractivity contribution in [1.82, 2.24) is 9.80 Å². The van der Waals surface area contributed by atoms with Crippen molar-refractivity contribution in [3.8, 4) is 11.8 Å². The fourth-order valence-electron chi connectivity index (χ4n) is 2.70. The van der Waals surface area contributed by atoms with Crippen molar-refractivity contribution in [2.24, 2.45) is 0 Å². The highest BCUT2D eigenvalue weighted by molar-refractivity contribution is 7.09. The van der Waals surface area contributed by atoms with Gasteiger partial charge in [-0.3, -0.25) is 9.69 Å². The number of thiophene rings is 1. The number of nitriles is 1. The lowest BCUT2D eigenvalue weighted by molar-refractivity contribution is -0.135. The molecule has 1 saturated heterocycles. The lowest BCUT2D eigenvalue weighted by Crippen LogP contribution is -2.49. The highest BCUT2D eigenvalue weighted by Gasteiger charge is 2.21. The summed E-state index contributed by atoms with van der Waals surface area (Å²) in [6.07, 6.45) is 0. The molecule has 0 bridgehead atoms. The minimum atomic E-state index is -0.0452. The zero-order valence-corrected chi connectivity index (χ0v) is 15.2. The predicted octanol–water partition coefficient (Wildman–Crippen LogP) is 3.00. The smallest absolute Gasteiger partial charge is 0.260 e. The van der Waals surface area contributed by atoms with Crippen molar-refractivity contribution >= 4 is 28.8 Å². The van der Waals surface area contributed by atoms with Crippen molar-refractivity contribution < 1.29 is 9.53 Å². The van der Waals surface area contributed by atoms with Crippen molar-refractivity contribution in [1.29, 1.82) is 5.26 Å². The molecule has 5 nitrogen and oxygen atoms in total. The Morgan fingerprint density at radius 3 is 2.72 bits per heavy atom. The second-order valence-electron chi connectivity index (χ2n) is 5.78. The molecule has 1 aliphatic heterocycles. The summed E-state index contributed by atoms with van der Waals surface area (Å²) in [4.78, 5) is 17.8. The van der Waals surface area contributed by atoms with Gasteiger partial charge in [0.2, 0.25) is 0 Å². The third-order valence-electron chi connectivity index (χ3n) is 4.10. The zero-order chi connectivity index (χ0) is 17.6. The molecule has 1 aromatic carbocycles. The number of ether oxygens (including phenoxy) is 1. The third-order valence-corrected chi connectivity index (χ3v) is 5.25. The lowest BCUT2D eigenvalue weighted by Gasteiger charge is -2.34. The van der Waals surface area contributed by atoms with E-state index in [4.69, 9.17) is 21.6 Å². The number of nitrogens with zero attached hydrogens (tertiary/aromatic N) is 3. The van der Waals surface area contributed by atoms with E-state index in [0.29, 0.717) is 29.4 Å². The van der Waals surface area contributed by atoms with Crippen molar-refractivity contribution in [2.45, 2.75) is 6.54 Å². The molecule has 0 saturated carbocycles. The first-order valence-corrected chi connectivity index (χ1v) is 9.26. The Labute approximate surface area is 156 Å². The SMILES string of the molecule is N#Cc1ccc(OCC(=O)N2CCN(Cc3cccs3)CC2)c(Cl)c1. The van der Waals surface area contributed by atoms with E-state index in [0.717, 1.165) is 19.6 Å². The Morgan fingerprint density at radius 1 is 1.28 bits per heavy atom. The van der Waals surface area contributed by atoms with Gasteiger partial charge in [0.15, 0.2) is 6.61 Å². The highest BCUT2D eigenvalue weighted by Crippen LogP contribution is 2.25. The summed E-state index contributed by atoms with van der Waals surface area (Å²) in [5.41, 5.74) is 0.463. The molecule has 25 heavy (non-hydrogen) atoms. The van der Waals surface area contributed by atoms with Crippen LogP contribution in [0.2, 0.25) is 5.02 Å². The molecule has 1 amide bonds. The maximum absolute atomic E-state index is 12.3. The van der Waals surface area contributed by atoms with Crippen LogP contribution < -0.4 is 4.74 Å². The van der Waals surface area contributed by atoms with Gasteiger partial charge in [0, 0.05) is 37.6 Å². The summed E-state index contributed by atoms with van der Waals surface area (Å²) in [6.45, 7) is 4.03. The largest absolute Gasteiger partial charge is 0.482 e. The Hall–Kier alpha value is -2.07. The number of rotatable bonds is 5. The van der Waals surface area contributed by atoms with Gasteiger partial charge in [-0.25, -0.2) is 0 Å². The van der Waals surface area contributed by atoms with E-state index in [1.165, 1.54) is 10.9 Å². The number of halogens is 1. The van der Waals surface area contributed by atoms with Gasteiger partial charge in [-0.2, -0.15) is 5.26 Å². The fourth-order valence-corrected chi connectivity index (χ4v) is 3.68. The van der Waals surface area contributed by atoms with Crippen LogP contribution in [0.15, 0.2) is 35.7 Å². The predicted molar refractivity (Wildman–Crippen MR) is 97.8 cm³/mol. The molecule has 0 atom stereocenters. The first kappa shape index (κ1) is 17.7. The van der Waals surface area contributed by atoms with Gasteiger partial charge in [0.05, 0.1) is 16.7 Å². The van der Waals surface area contributed by atoms with E-state index in [1.54, 1.807) is 23.5 Å². The molecule has 130 valence electrons. The second kappa shape index (κ2) is 8.34. The van der Waals surface area contributed by atoms with Crippen LogP contribution in [-0.2, 0) is 11.3 Å². The summed E-state index contributed by atoms with van der Waals surface area (Å²) < 4.78 is 5.52. The number of hydrogen-bond donors (Lipinski definition) is 0. The molecular formula is C18H18ClN3O2S. The molecule has 0 N–H and O–H groups in total. The standard InChI is InChI=1S/C18H18ClN3O2S/c19-16-10-14(11-20)3-4-17(16)24-13-18(23)22-7-5-21(6-8-22)12-15-2-1-9-25-15/h1-4,9-10H,5-8,12-13H2. The molecule has 0 spiro atoms. The number of hydrogen-bond acceptors (Lipinski definition) is 5. The molecule has 1 aliphatic rings. The van der Waals surface area contributed by atoms with E-state index >= 15 is 0 Å². The highest BCUT2D eigenvalue weighted by atomic mass is 35.5. The Kier molecular flexibility index (Phi) is 5.92. The molecule has 2 aromatic rings.